The van der Waals surface area contributed by atoms with Crippen LogP contribution in [0.4, 0.5) is 0 Å². The molecule has 2 heterocycles. The summed E-state index contributed by atoms with van der Waals surface area (Å²) in [6.07, 6.45) is 7.05. The van der Waals surface area contributed by atoms with Crippen LogP contribution in [0.25, 0.3) is 0 Å². The van der Waals surface area contributed by atoms with Gasteiger partial charge in [-0.2, -0.15) is 0 Å². The van der Waals surface area contributed by atoms with Gasteiger partial charge >= 0.3 is 0 Å². The van der Waals surface area contributed by atoms with E-state index in [4.69, 9.17) is 0 Å². The monoisotopic (exact) mass is 320 g/mol. The van der Waals surface area contributed by atoms with E-state index in [2.05, 4.69) is 22.3 Å². The number of fused-ring (bicyclic) bond motifs is 1. The average Bonchev–Trinajstić information content (AvgIpc) is 3.16. The standard InChI is InChI=1S/C18H24N2O.ClH/c21-17(16-6-2-4-14-3-1-5-15(14)16)20-11-8-18(9-12-20)7-10-19-13-18;/h2,4,6,19H,1,3,5,7-13H2;1H. The Kier molecular flexibility index (Phi) is 4.47. The second-order valence-electron chi connectivity index (χ2n) is 7.02. The smallest absolute Gasteiger partial charge is 0.254 e. The number of carbonyl (C=O) groups excluding carboxylic acids is 1. The summed E-state index contributed by atoms with van der Waals surface area (Å²) in [5.74, 6) is 0.273. The molecule has 2 saturated heterocycles. The van der Waals surface area contributed by atoms with Gasteiger partial charge in [0.1, 0.15) is 0 Å². The third kappa shape index (κ3) is 2.65. The van der Waals surface area contributed by atoms with Gasteiger partial charge in [-0.25, -0.2) is 0 Å². The molecule has 1 N–H and O–H groups in total. The third-order valence-corrected chi connectivity index (χ3v) is 5.82. The lowest BCUT2D eigenvalue weighted by atomic mass is 9.77. The molecule has 0 radical (unpaired) electrons. The van der Waals surface area contributed by atoms with Crippen LogP contribution in [0.5, 0.6) is 0 Å². The number of hydrogen-bond acceptors (Lipinski definition) is 2. The number of nitrogens with zero attached hydrogens (tertiary/aromatic N) is 1. The first-order chi connectivity index (χ1) is 10.3. The molecule has 1 amide bonds. The lowest BCUT2D eigenvalue weighted by Gasteiger charge is -2.39. The SMILES string of the molecule is Cl.O=C(c1cccc2c1CCC2)N1CCC2(CCNC2)CC1. The number of amides is 1. The van der Waals surface area contributed by atoms with Gasteiger partial charge in [0.15, 0.2) is 0 Å². The van der Waals surface area contributed by atoms with E-state index in [9.17, 15) is 4.79 Å². The first-order valence-electron chi connectivity index (χ1n) is 8.38. The minimum atomic E-state index is 0. The topological polar surface area (TPSA) is 32.3 Å². The van der Waals surface area contributed by atoms with E-state index in [1.165, 1.54) is 36.8 Å². The van der Waals surface area contributed by atoms with Crippen molar-refractivity contribution in [2.75, 3.05) is 26.2 Å². The van der Waals surface area contributed by atoms with Crippen molar-refractivity contribution < 1.29 is 4.79 Å². The number of benzene rings is 1. The Morgan fingerprint density at radius 3 is 2.68 bits per heavy atom. The van der Waals surface area contributed by atoms with Crippen molar-refractivity contribution in [3.8, 4) is 0 Å². The van der Waals surface area contributed by atoms with E-state index in [-0.39, 0.29) is 18.3 Å². The fourth-order valence-corrected chi connectivity index (χ4v) is 4.40. The normalized spacial score (nSPS) is 22.5. The number of likely N-dealkylation sites (tertiary alicyclic amines) is 1. The van der Waals surface area contributed by atoms with Crippen LogP contribution < -0.4 is 5.32 Å². The summed E-state index contributed by atoms with van der Waals surface area (Å²) in [4.78, 5) is 15.0. The fourth-order valence-electron chi connectivity index (χ4n) is 4.40. The van der Waals surface area contributed by atoms with Crippen LogP contribution in [-0.4, -0.2) is 37.0 Å². The number of halogens is 1. The Morgan fingerprint density at radius 2 is 1.95 bits per heavy atom. The first-order valence-corrected chi connectivity index (χ1v) is 8.38. The highest BCUT2D eigenvalue weighted by molar-refractivity contribution is 5.96. The Labute approximate surface area is 138 Å². The molecule has 4 heteroatoms. The largest absolute Gasteiger partial charge is 0.339 e. The highest BCUT2D eigenvalue weighted by Gasteiger charge is 2.38. The molecule has 0 saturated carbocycles. The van der Waals surface area contributed by atoms with Gasteiger partial charge in [0.25, 0.3) is 5.91 Å². The molecular formula is C18H25ClN2O. The van der Waals surface area contributed by atoms with Crippen molar-refractivity contribution >= 4 is 18.3 Å². The molecule has 4 rings (SSSR count). The first kappa shape index (κ1) is 15.8. The summed E-state index contributed by atoms with van der Waals surface area (Å²) >= 11 is 0. The molecule has 3 nitrogen and oxygen atoms in total. The Bertz CT molecular complexity index is 556. The van der Waals surface area contributed by atoms with E-state index in [0.29, 0.717) is 5.41 Å². The van der Waals surface area contributed by atoms with Crippen molar-refractivity contribution in [3.05, 3.63) is 34.9 Å². The van der Waals surface area contributed by atoms with Crippen molar-refractivity contribution in [1.29, 1.82) is 0 Å². The maximum atomic E-state index is 12.9. The number of piperidine rings is 1. The molecule has 1 aromatic carbocycles. The van der Waals surface area contributed by atoms with Gasteiger partial charge in [0, 0.05) is 25.2 Å². The zero-order chi connectivity index (χ0) is 14.3. The van der Waals surface area contributed by atoms with E-state index < -0.39 is 0 Å². The number of aryl methyl sites for hydroxylation is 1. The molecule has 3 aliphatic rings. The van der Waals surface area contributed by atoms with Gasteiger partial charge in [0.05, 0.1) is 0 Å². The van der Waals surface area contributed by atoms with Gasteiger partial charge in [-0.1, -0.05) is 12.1 Å². The van der Waals surface area contributed by atoms with Gasteiger partial charge in [-0.15, -0.1) is 12.4 Å². The molecule has 1 aliphatic carbocycles. The predicted molar refractivity (Wildman–Crippen MR) is 90.8 cm³/mol. The summed E-state index contributed by atoms with van der Waals surface area (Å²) in [5.41, 5.74) is 4.18. The summed E-state index contributed by atoms with van der Waals surface area (Å²) in [6.45, 7) is 4.17. The van der Waals surface area contributed by atoms with Gasteiger partial charge in [-0.05, 0) is 67.7 Å². The van der Waals surface area contributed by atoms with E-state index in [1.54, 1.807) is 0 Å². The summed E-state index contributed by atoms with van der Waals surface area (Å²) in [6, 6.07) is 6.28. The Morgan fingerprint density at radius 1 is 1.14 bits per heavy atom. The predicted octanol–water partition coefficient (Wildman–Crippen LogP) is 2.81. The number of carbonyl (C=O) groups is 1. The average molecular weight is 321 g/mol. The van der Waals surface area contributed by atoms with E-state index in [1.807, 2.05) is 6.07 Å². The van der Waals surface area contributed by atoms with Gasteiger partial charge in [0.2, 0.25) is 0 Å². The zero-order valence-corrected chi connectivity index (χ0v) is 13.9. The van der Waals surface area contributed by atoms with Crippen LogP contribution in [0.3, 0.4) is 0 Å². The van der Waals surface area contributed by atoms with E-state index in [0.717, 1.165) is 44.6 Å². The van der Waals surface area contributed by atoms with Crippen molar-refractivity contribution in [2.24, 2.45) is 5.41 Å². The summed E-state index contributed by atoms with van der Waals surface area (Å²) in [7, 11) is 0. The molecule has 0 aromatic heterocycles. The molecule has 2 aliphatic heterocycles. The number of hydrogen-bond donors (Lipinski definition) is 1. The lowest BCUT2D eigenvalue weighted by molar-refractivity contribution is 0.0606. The van der Waals surface area contributed by atoms with Crippen molar-refractivity contribution in [2.45, 2.75) is 38.5 Å². The third-order valence-electron chi connectivity index (χ3n) is 5.82. The van der Waals surface area contributed by atoms with Crippen LogP contribution in [-0.2, 0) is 12.8 Å². The molecular weight excluding hydrogens is 296 g/mol. The van der Waals surface area contributed by atoms with Gasteiger partial charge in [-0.3, -0.25) is 4.79 Å². The van der Waals surface area contributed by atoms with Crippen molar-refractivity contribution in [1.82, 2.24) is 10.2 Å². The quantitative estimate of drug-likeness (QED) is 0.863. The van der Waals surface area contributed by atoms with Crippen LogP contribution in [0.2, 0.25) is 0 Å². The molecule has 0 atom stereocenters. The Balaban J connectivity index is 0.00000144. The zero-order valence-electron chi connectivity index (χ0n) is 13.1. The molecule has 120 valence electrons. The maximum Gasteiger partial charge on any atom is 0.254 e. The van der Waals surface area contributed by atoms with Crippen LogP contribution >= 0.6 is 12.4 Å². The fraction of sp³-hybridized carbons (Fsp3) is 0.611. The highest BCUT2D eigenvalue weighted by Crippen LogP contribution is 2.37. The van der Waals surface area contributed by atoms with Crippen LogP contribution in [0.15, 0.2) is 18.2 Å². The lowest BCUT2D eigenvalue weighted by Crippen LogP contribution is -2.44. The van der Waals surface area contributed by atoms with Gasteiger partial charge < -0.3 is 10.2 Å². The molecule has 1 spiro atoms. The second kappa shape index (κ2) is 6.21. The molecule has 2 fully saturated rings. The van der Waals surface area contributed by atoms with Crippen LogP contribution in [0, 0.1) is 5.41 Å². The van der Waals surface area contributed by atoms with Crippen molar-refractivity contribution in [3.63, 3.8) is 0 Å². The minimum Gasteiger partial charge on any atom is -0.339 e. The molecule has 1 aromatic rings. The summed E-state index contributed by atoms with van der Waals surface area (Å²) in [5, 5.41) is 3.49. The maximum absolute atomic E-state index is 12.9. The minimum absolute atomic E-state index is 0. The second-order valence-corrected chi connectivity index (χ2v) is 7.02. The molecule has 0 bridgehead atoms. The summed E-state index contributed by atoms with van der Waals surface area (Å²) < 4.78 is 0. The van der Waals surface area contributed by atoms with Crippen LogP contribution in [0.1, 0.15) is 47.2 Å². The molecule has 0 unspecified atom stereocenters. The Hall–Kier alpha value is -1.06. The molecule has 22 heavy (non-hydrogen) atoms. The number of nitrogens with one attached hydrogen (secondary N) is 1. The highest BCUT2D eigenvalue weighted by atomic mass is 35.5. The number of rotatable bonds is 1. The van der Waals surface area contributed by atoms with E-state index >= 15 is 0 Å².